The van der Waals surface area contributed by atoms with Crippen molar-refractivity contribution in [3.05, 3.63) is 48.0 Å². The fraction of sp³-hybridized carbons (Fsp3) is 0.294. The number of nitrogen functional groups attached to an aromatic ring is 1. The second-order valence-corrected chi connectivity index (χ2v) is 7.15. The molecule has 23 heavy (non-hydrogen) atoms. The predicted molar refractivity (Wildman–Crippen MR) is 92.2 cm³/mol. The summed E-state index contributed by atoms with van der Waals surface area (Å²) in [7, 11) is -3.52. The highest BCUT2D eigenvalue weighted by Gasteiger charge is 2.22. The molecule has 124 valence electrons. The quantitative estimate of drug-likeness (QED) is 0.822. The van der Waals surface area contributed by atoms with Crippen LogP contribution in [0.2, 0.25) is 0 Å². The van der Waals surface area contributed by atoms with E-state index < -0.39 is 10.0 Å². The molecule has 2 rings (SSSR count). The van der Waals surface area contributed by atoms with Crippen molar-refractivity contribution in [3.8, 4) is 11.5 Å². The fourth-order valence-electron chi connectivity index (χ4n) is 2.30. The molecule has 2 aromatic rings. The lowest BCUT2D eigenvalue weighted by Crippen LogP contribution is -2.30. The first-order valence-electron chi connectivity index (χ1n) is 7.52. The SMILES string of the molecule is CCN(CC)S(=O)(=O)c1ccc(Oc2cccc(C)c2)c(N)c1. The molecule has 0 aliphatic carbocycles. The zero-order valence-corrected chi connectivity index (χ0v) is 14.4. The number of sulfonamides is 1. The third kappa shape index (κ3) is 3.83. The van der Waals surface area contributed by atoms with Gasteiger partial charge in [-0.1, -0.05) is 26.0 Å². The second kappa shape index (κ2) is 7.02. The lowest BCUT2D eigenvalue weighted by Gasteiger charge is -2.19. The largest absolute Gasteiger partial charge is 0.455 e. The fourth-order valence-corrected chi connectivity index (χ4v) is 3.79. The lowest BCUT2D eigenvalue weighted by atomic mass is 10.2. The van der Waals surface area contributed by atoms with E-state index in [4.69, 9.17) is 10.5 Å². The van der Waals surface area contributed by atoms with Crippen LogP contribution < -0.4 is 10.5 Å². The summed E-state index contributed by atoms with van der Waals surface area (Å²) < 4.78 is 32.1. The molecule has 0 atom stereocenters. The van der Waals surface area contributed by atoms with Gasteiger partial charge in [0.1, 0.15) is 11.5 Å². The molecule has 0 aromatic heterocycles. The van der Waals surface area contributed by atoms with Crippen LogP contribution in [0.15, 0.2) is 47.4 Å². The van der Waals surface area contributed by atoms with Crippen molar-refractivity contribution < 1.29 is 13.2 Å². The standard InChI is InChI=1S/C17H22N2O3S/c1-4-19(5-2)23(20,21)15-9-10-17(16(18)12-15)22-14-8-6-7-13(3)11-14/h6-12H,4-5,18H2,1-3H3. The van der Waals surface area contributed by atoms with Gasteiger partial charge in [-0.3, -0.25) is 0 Å². The summed E-state index contributed by atoms with van der Waals surface area (Å²) in [4.78, 5) is 0.176. The molecule has 0 aliphatic heterocycles. The number of nitrogens with two attached hydrogens (primary N) is 1. The minimum Gasteiger partial charge on any atom is -0.455 e. The van der Waals surface area contributed by atoms with Crippen molar-refractivity contribution in [2.45, 2.75) is 25.7 Å². The highest BCUT2D eigenvalue weighted by molar-refractivity contribution is 7.89. The molecule has 0 unspecified atom stereocenters. The first kappa shape index (κ1) is 17.3. The Morgan fingerprint density at radius 3 is 2.35 bits per heavy atom. The van der Waals surface area contributed by atoms with Crippen LogP contribution in [0.3, 0.4) is 0 Å². The number of hydrogen-bond acceptors (Lipinski definition) is 4. The molecule has 5 nitrogen and oxygen atoms in total. The van der Waals surface area contributed by atoms with E-state index in [0.717, 1.165) is 5.56 Å². The van der Waals surface area contributed by atoms with Crippen molar-refractivity contribution in [3.63, 3.8) is 0 Å². The molecule has 0 saturated heterocycles. The van der Waals surface area contributed by atoms with E-state index in [1.54, 1.807) is 19.9 Å². The van der Waals surface area contributed by atoms with Crippen molar-refractivity contribution in [2.24, 2.45) is 0 Å². The number of rotatable bonds is 6. The zero-order chi connectivity index (χ0) is 17.0. The predicted octanol–water partition coefficient (Wildman–Crippen LogP) is 3.40. The normalized spacial score (nSPS) is 11.7. The molecule has 0 fully saturated rings. The molecule has 0 heterocycles. The lowest BCUT2D eigenvalue weighted by molar-refractivity contribution is 0.445. The molecule has 0 bridgehead atoms. The average Bonchev–Trinajstić information content (AvgIpc) is 2.50. The summed E-state index contributed by atoms with van der Waals surface area (Å²) >= 11 is 0. The molecule has 0 amide bonds. The van der Waals surface area contributed by atoms with Crippen LogP contribution in [0.25, 0.3) is 0 Å². The third-order valence-corrected chi connectivity index (χ3v) is 5.59. The summed E-state index contributed by atoms with van der Waals surface area (Å²) in [6.45, 7) is 6.41. The van der Waals surface area contributed by atoms with Gasteiger partial charge in [-0.05, 0) is 42.8 Å². The maximum atomic E-state index is 12.5. The summed E-state index contributed by atoms with van der Waals surface area (Å²) in [5, 5.41) is 0. The topological polar surface area (TPSA) is 72.6 Å². The Kier molecular flexibility index (Phi) is 5.28. The van der Waals surface area contributed by atoms with E-state index in [-0.39, 0.29) is 4.90 Å². The van der Waals surface area contributed by atoms with Gasteiger partial charge in [-0.15, -0.1) is 0 Å². The first-order valence-corrected chi connectivity index (χ1v) is 8.96. The molecule has 2 aromatic carbocycles. The van der Waals surface area contributed by atoms with Gasteiger partial charge >= 0.3 is 0 Å². The number of hydrogen-bond donors (Lipinski definition) is 1. The van der Waals surface area contributed by atoms with Gasteiger partial charge < -0.3 is 10.5 Å². The van der Waals surface area contributed by atoms with Gasteiger partial charge in [0.2, 0.25) is 10.0 Å². The molecule has 0 saturated carbocycles. The van der Waals surface area contributed by atoms with Crippen LogP contribution >= 0.6 is 0 Å². The van der Waals surface area contributed by atoms with Crippen molar-refractivity contribution in [1.29, 1.82) is 0 Å². The molecular formula is C17H22N2O3S. The van der Waals surface area contributed by atoms with Crippen LogP contribution in [0, 0.1) is 6.92 Å². The van der Waals surface area contributed by atoms with Crippen LogP contribution in [0.5, 0.6) is 11.5 Å². The van der Waals surface area contributed by atoms with E-state index in [0.29, 0.717) is 30.3 Å². The van der Waals surface area contributed by atoms with Crippen LogP contribution in [0.4, 0.5) is 5.69 Å². The van der Waals surface area contributed by atoms with E-state index >= 15 is 0 Å². The van der Waals surface area contributed by atoms with Gasteiger partial charge in [-0.2, -0.15) is 4.31 Å². The highest BCUT2D eigenvalue weighted by atomic mass is 32.2. The summed E-state index contributed by atoms with van der Waals surface area (Å²) in [6, 6.07) is 12.1. The Hall–Kier alpha value is -2.05. The van der Waals surface area contributed by atoms with Gasteiger partial charge in [0.15, 0.2) is 0 Å². The number of anilines is 1. The molecule has 6 heteroatoms. The van der Waals surface area contributed by atoms with Crippen molar-refractivity contribution in [1.82, 2.24) is 4.31 Å². The number of nitrogens with zero attached hydrogens (tertiary/aromatic N) is 1. The Morgan fingerprint density at radius 1 is 1.09 bits per heavy atom. The molecule has 2 N–H and O–H groups in total. The maximum Gasteiger partial charge on any atom is 0.243 e. The van der Waals surface area contributed by atoms with Gasteiger partial charge in [0, 0.05) is 13.1 Å². The van der Waals surface area contributed by atoms with E-state index in [9.17, 15) is 8.42 Å². The monoisotopic (exact) mass is 334 g/mol. The third-order valence-electron chi connectivity index (χ3n) is 3.54. The van der Waals surface area contributed by atoms with E-state index in [1.807, 2.05) is 31.2 Å². The minimum absolute atomic E-state index is 0.176. The number of aryl methyl sites for hydroxylation is 1. The Morgan fingerprint density at radius 2 is 1.78 bits per heavy atom. The van der Waals surface area contributed by atoms with E-state index in [2.05, 4.69) is 0 Å². The van der Waals surface area contributed by atoms with Crippen LogP contribution in [0.1, 0.15) is 19.4 Å². The smallest absolute Gasteiger partial charge is 0.243 e. The minimum atomic E-state index is -3.52. The van der Waals surface area contributed by atoms with Crippen molar-refractivity contribution >= 4 is 15.7 Å². The summed E-state index contributed by atoms with van der Waals surface area (Å²) in [5.74, 6) is 1.10. The van der Waals surface area contributed by atoms with Gasteiger partial charge in [0.05, 0.1) is 10.6 Å². The summed E-state index contributed by atoms with van der Waals surface area (Å²) in [6.07, 6.45) is 0. The second-order valence-electron chi connectivity index (χ2n) is 5.21. The number of ether oxygens (including phenoxy) is 1. The Labute approximate surface area is 137 Å². The molecule has 0 spiro atoms. The van der Waals surface area contributed by atoms with Crippen LogP contribution in [-0.2, 0) is 10.0 Å². The molecule has 0 aliphatic rings. The zero-order valence-electron chi connectivity index (χ0n) is 13.6. The van der Waals surface area contributed by atoms with Crippen molar-refractivity contribution in [2.75, 3.05) is 18.8 Å². The molecular weight excluding hydrogens is 312 g/mol. The Bertz CT molecular complexity index is 784. The summed E-state index contributed by atoms with van der Waals surface area (Å²) in [5.41, 5.74) is 7.34. The molecule has 0 radical (unpaired) electrons. The highest BCUT2D eigenvalue weighted by Crippen LogP contribution is 2.30. The van der Waals surface area contributed by atoms with Crippen LogP contribution in [-0.4, -0.2) is 25.8 Å². The average molecular weight is 334 g/mol. The van der Waals surface area contributed by atoms with Gasteiger partial charge in [-0.25, -0.2) is 8.42 Å². The number of benzene rings is 2. The maximum absolute atomic E-state index is 12.5. The first-order chi connectivity index (χ1) is 10.9. The van der Waals surface area contributed by atoms with E-state index in [1.165, 1.54) is 16.4 Å². The van der Waals surface area contributed by atoms with Gasteiger partial charge in [0.25, 0.3) is 0 Å². The Balaban J connectivity index is 2.31.